The van der Waals surface area contributed by atoms with Crippen molar-refractivity contribution in [2.24, 2.45) is 0 Å². The van der Waals surface area contributed by atoms with Gasteiger partial charge in [-0.15, -0.1) is 0 Å². The lowest BCUT2D eigenvalue weighted by Crippen LogP contribution is -3.12. The molecule has 98 valence electrons. The highest BCUT2D eigenvalue weighted by Gasteiger charge is 2.24. The third-order valence-electron chi connectivity index (χ3n) is 3.78. The lowest BCUT2D eigenvalue weighted by Gasteiger charge is -2.32. The molecule has 1 unspecified atom stereocenters. The summed E-state index contributed by atoms with van der Waals surface area (Å²) in [5, 5.41) is 10.0. The van der Waals surface area contributed by atoms with E-state index in [0.717, 1.165) is 39.1 Å². The molecule has 1 atom stereocenters. The number of nitrogens with one attached hydrogen (secondary N) is 1. The number of nitrogens with zero attached hydrogens (tertiary/aromatic N) is 2. The van der Waals surface area contributed by atoms with Gasteiger partial charge < -0.3 is 14.9 Å². The number of carbonyl (C=O) groups is 1. The second-order valence-corrected chi connectivity index (χ2v) is 5.35. The molecule has 2 heterocycles. The Morgan fingerprint density at radius 3 is 2.59 bits per heavy atom. The monoisotopic (exact) mass is 242 g/mol. The average Bonchev–Trinajstić information content (AvgIpc) is 2.68. The van der Waals surface area contributed by atoms with E-state index in [9.17, 15) is 9.90 Å². The van der Waals surface area contributed by atoms with Crippen molar-refractivity contribution in [3.8, 4) is 0 Å². The van der Waals surface area contributed by atoms with Crippen LogP contribution in [0.4, 0.5) is 0 Å². The van der Waals surface area contributed by atoms with E-state index in [1.54, 1.807) is 9.80 Å². The van der Waals surface area contributed by atoms with Crippen LogP contribution >= 0.6 is 0 Å². The van der Waals surface area contributed by atoms with Gasteiger partial charge in [0.1, 0.15) is 0 Å². The molecule has 2 aliphatic rings. The molecule has 5 nitrogen and oxygen atoms in total. The third kappa shape index (κ3) is 3.66. The number of aliphatic hydroxyl groups excluding tert-OH is 1. The Labute approximate surface area is 103 Å². The lowest BCUT2D eigenvalue weighted by atomic mass is 10.2. The topological polar surface area (TPSA) is 48.2 Å². The van der Waals surface area contributed by atoms with Crippen molar-refractivity contribution in [3.63, 3.8) is 0 Å². The molecule has 0 aromatic heterocycles. The van der Waals surface area contributed by atoms with E-state index < -0.39 is 6.10 Å². The molecule has 17 heavy (non-hydrogen) atoms. The number of carbonyl (C=O) groups excluding carboxylic acids is 1. The van der Waals surface area contributed by atoms with Crippen LogP contribution in [0.15, 0.2) is 0 Å². The largest absolute Gasteiger partial charge is 0.390 e. The molecule has 2 rings (SSSR count). The summed E-state index contributed by atoms with van der Waals surface area (Å²) in [5.41, 5.74) is 0. The molecular formula is C12H24N3O2+. The summed E-state index contributed by atoms with van der Waals surface area (Å²) in [4.78, 5) is 17.1. The van der Waals surface area contributed by atoms with Gasteiger partial charge in [0.2, 0.25) is 5.91 Å². The Bertz CT molecular complexity index is 264. The van der Waals surface area contributed by atoms with E-state index in [4.69, 9.17) is 0 Å². The maximum absolute atomic E-state index is 11.4. The smallest absolute Gasteiger partial charge is 0.222 e. The number of hydrogen-bond donors (Lipinski definition) is 2. The summed E-state index contributed by atoms with van der Waals surface area (Å²) in [6.45, 7) is 6.44. The van der Waals surface area contributed by atoms with Crippen LogP contribution in [0, 0.1) is 0 Å². The van der Waals surface area contributed by atoms with Crippen LogP contribution in [0.1, 0.15) is 12.8 Å². The van der Waals surface area contributed by atoms with Crippen LogP contribution in [-0.2, 0) is 4.79 Å². The van der Waals surface area contributed by atoms with Gasteiger partial charge >= 0.3 is 0 Å². The summed E-state index contributed by atoms with van der Waals surface area (Å²) in [6.07, 6.45) is 1.21. The molecule has 0 radical (unpaired) electrons. The van der Waals surface area contributed by atoms with E-state index in [1.165, 1.54) is 0 Å². The fraction of sp³-hybridized carbons (Fsp3) is 0.917. The van der Waals surface area contributed by atoms with E-state index in [2.05, 4.69) is 11.9 Å². The molecule has 2 aliphatic heterocycles. The highest BCUT2D eigenvalue weighted by Crippen LogP contribution is 2.10. The average molecular weight is 242 g/mol. The minimum absolute atomic E-state index is 0.201. The van der Waals surface area contributed by atoms with Crippen molar-refractivity contribution in [1.29, 1.82) is 0 Å². The first-order valence-electron chi connectivity index (χ1n) is 6.64. The molecule has 5 heteroatoms. The maximum Gasteiger partial charge on any atom is 0.222 e. The van der Waals surface area contributed by atoms with Crippen molar-refractivity contribution in [2.45, 2.75) is 18.9 Å². The number of likely N-dealkylation sites (tertiary alicyclic amines) is 1. The lowest BCUT2D eigenvalue weighted by molar-refractivity contribution is -0.884. The van der Waals surface area contributed by atoms with Crippen molar-refractivity contribution in [3.05, 3.63) is 0 Å². The number of piperazine rings is 1. The first-order chi connectivity index (χ1) is 8.15. The summed E-state index contributed by atoms with van der Waals surface area (Å²) >= 11 is 0. The highest BCUT2D eigenvalue weighted by atomic mass is 16.3. The molecule has 0 bridgehead atoms. The Morgan fingerprint density at radius 1 is 1.29 bits per heavy atom. The fourth-order valence-corrected chi connectivity index (χ4v) is 2.62. The minimum Gasteiger partial charge on any atom is -0.390 e. The standard InChI is InChI=1S/C12H23N3O2/c1-13-5-7-14(8-6-13)9-11(16)10-15-4-2-3-12(15)17/h11,16H,2-10H2,1H3/p+1. The van der Waals surface area contributed by atoms with Crippen molar-refractivity contribution >= 4 is 5.91 Å². The van der Waals surface area contributed by atoms with E-state index in [1.807, 2.05) is 0 Å². The molecule has 0 spiro atoms. The van der Waals surface area contributed by atoms with Crippen LogP contribution in [-0.4, -0.2) is 79.8 Å². The molecule has 1 amide bonds. The molecule has 0 aromatic rings. The van der Waals surface area contributed by atoms with Gasteiger partial charge in [0.25, 0.3) is 0 Å². The van der Waals surface area contributed by atoms with Crippen molar-refractivity contribution < 1.29 is 14.8 Å². The normalized spacial score (nSPS) is 25.5. The van der Waals surface area contributed by atoms with E-state index in [-0.39, 0.29) is 5.91 Å². The zero-order chi connectivity index (χ0) is 12.3. The summed E-state index contributed by atoms with van der Waals surface area (Å²) in [5.74, 6) is 0.201. The number of quaternary nitrogens is 1. The van der Waals surface area contributed by atoms with Crippen molar-refractivity contribution in [2.75, 3.05) is 52.9 Å². The Hall–Kier alpha value is -0.650. The predicted molar refractivity (Wildman–Crippen MR) is 64.9 cm³/mol. The number of β-amino-alcohol motifs (C(OH)–C–C–N with tert-alkyl or cyclic N) is 1. The fourth-order valence-electron chi connectivity index (χ4n) is 2.62. The SMILES string of the molecule is C[NH+]1CCN(CC(O)CN2CCCC2=O)CC1. The molecule has 0 saturated carbocycles. The number of rotatable bonds is 4. The summed E-state index contributed by atoms with van der Waals surface area (Å²) < 4.78 is 0. The van der Waals surface area contributed by atoms with E-state index >= 15 is 0 Å². The maximum atomic E-state index is 11.4. The molecule has 2 N–H and O–H groups in total. The van der Waals surface area contributed by atoms with Gasteiger partial charge in [-0.1, -0.05) is 0 Å². The zero-order valence-electron chi connectivity index (χ0n) is 10.7. The molecular weight excluding hydrogens is 218 g/mol. The summed E-state index contributed by atoms with van der Waals surface area (Å²) in [6, 6.07) is 0. The van der Waals surface area contributed by atoms with Gasteiger partial charge in [0, 0.05) is 39.1 Å². The van der Waals surface area contributed by atoms with Crippen LogP contribution in [0.3, 0.4) is 0 Å². The predicted octanol–water partition coefficient (Wildman–Crippen LogP) is -2.20. The van der Waals surface area contributed by atoms with Gasteiger partial charge in [-0.2, -0.15) is 0 Å². The van der Waals surface area contributed by atoms with E-state index in [0.29, 0.717) is 19.5 Å². The molecule has 2 saturated heterocycles. The van der Waals surface area contributed by atoms with Gasteiger partial charge in [-0.3, -0.25) is 9.69 Å². The third-order valence-corrected chi connectivity index (χ3v) is 3.78. The Balaban J connectivity index is 1.69. The number of aliphatic hydroxyl groups is 1. The first kappa shape index (κ1) is 12.8. The van der Waals surface area contributed by atoms with Gasteiger partial charge in [0.15, 0.2) is 0 Å². The zero-order valence-corrected chi connectivity index (χ0v) is 10.7. The molecule has 0 aromatic carbocycles. The first-order valence-corrected chi connectivity index (χ1v) is 6.64. The number of amides is 1. The quantitative estimate of drug-likeness (QED) is 0.588. The molecule has 2 fully saturated rings. The number of hydrogen-bond acceptors (Lipinski definition) is 3. The Morgan fingerprint density at radius 2 is 2.00 bits per heavy atom. The van der Waals surface area contributed by atoms with Gasteiger partial charge in [-0.05, 0) is 6.42 Å². The molecule has 0 aliphatic carbocycles. The number of likely N-dealkylation sites (N-methyl/N-ethyl adjacent to an activating group) is 1. The second kappa shape index (κ2) is 5.80. The van der Waals surface area contributed by atoms with Crippen molar-refractivity contribution in [1.82, 2.24) is 9.80 Å². The minimum atomic E-state index is -0.393. The Kier molecular flexibility index (Phi) is 4.36. The highest BCUT2D eigenvalue weighted by molar-refractivity contribution is 5.78. The summed E-state index contributed by atoms with van der Waals surface area (Å²) in [7, 11) is 2.21. The van der Waals surface area contributed by atoms with Crippen LogP contribution in [0.5, 0.6) is 0 Å². The van der Waals surface area contributed by atoms with Gasteiger partial charge in [-0.25, -0.2) is 0 Å². The second-order valence-electron chi connectivity index (χ2n) is 5.35. The van der Waals surface area contributed by atoms with Gasteiger partial charge in [0.05, 0.1) is 26.2 Å². The van der Waals surface area contributed by atoms with Crippen LogP contribution in [0.25, 0.3) is 0 Å². The van der Waals surface area contributed by atoms with Crippen LogP contribution < -0.4 is 4.90 Å². The van der Waals surface area contributed by atoms with Crippen LogP contribution in [0.2, 0.25) is 0 Å².